The maximum atomic E-state index is 12.9. The third kappa shape index (κ3) is 4.85. The van der Waals surface area contributed by atoms with Crippen molar-refractivity contribution in [3.05, 3.63) is 58.6 Å². The number of anilines is 1. The molecule has 1 aliphatic rings. The molecule has 2 aromatic carbocycles. The maximum Gasteiger partial charge on any atom is 0.233 e. The maximum absolute atomic E-state index is 12.9. The normalized spacial score (nSPS) is 13.7. The smallest absolute Gasteiger partial charge is 0.233 e. The molecule has 0 aliphatic carbocycles. The highest BCUT2D eigenvalue weighted by molar-refractivity contribution is 7.99. The Bertz CT molecular complexity index is 1250. The molecule has 10 heteroatoms. The van der Waals surface area contributed by atoms with Gasteiger partial charge in [0.15, 0.2) is 5.16 Å². The first-order valence-corrected chi connectivity index (χ1v) is 12.9. The van der Waals surface area contributed by atoms with Crippen LogP contribution in [0.4, 0.5) is 5.95 Å². The molecule has 0 spiro atoms. The molecule has 1 aliphatic heterocycles. The van der Waals surface area contributed by atoms with Gasteiger partial charge in [-0.05, 0) is 43.2 Å². The lowest BCUT2D eigenvalue weighted by atomic mass is 10.3. The van der Waals surface area contributed by atoms with Crippen LogP contribution in [0.25, 0.3) is 15.9 Å². The average molecular weight is 499 g/mol. The highest BCUT2D eigenvalue weighted by atomic mass is 35.5. The van der Waals surface area contributed by atoms with Crippen LogP contribution in [0.1, 0.15) is 17.8 Å². The number of amides is 1. The fourth-order valence-electron chi connectivity index (χ4n) is 3.83. The molecule has 0 saturated carbocycles. The number of nitrogens with zero attached hydrogens (tertiary/aromatic N) is 6. The molecule has 5 rings (SSSR count). The Morgan fingerprint density at radius 2 is 1.97 bits per heavy atom. The summed E-state index contributed by atoms with van der Waals surface area (Å²) in [7, 11) is 1.81. The zero-order valence-corrected chi connectivity index (χ0v) is 20.5. The molecule has 0 bridgehead atoms. The lowest BCUT2D eigenvalue weighted by molar-refractivity contribution is -0.127. The Kier molecular flexibility index (Phi) is 6.52. The van der Waals surface area contributed by atoms with Gasteiger partial charge in [-0.15, -0.1) is 21.5 Å². The molecule has 33 heavy (non-hydrogen) atoms. The molecule has 170 valence electrons. The summed E-state index contributed by atoms with van der Waals surface area (Å²) >= 11 is 9.27. The molecule has 0 unspecified atom stereocenters. The first kappa shape index (κ1) is 22.2. The molecule has 1 amide bonds. The minimum atomic E-state index is 0.0163. The molecule has 0 radical (unpaired) electrons. The highest BCUT2D eigenvalue weighted by Gasteiger charge is 2.23. The van der Waals surface area contributed by atoms with Crippen LogP contribution in [0, 0.1) is 0 Å². The fourth-order valence-corrected chi connectivity index (χ4v) is 5.93. The van der Waals surface area contributed by atoms with Crippen LogP contribution in [-0.4, -0.2) is 56.4 Å². The summed E-state index contributed by atoms with van der Waals surface area (Å²) in [5.74, 6) is 1.08. The van der Waals surface area contributed by atoms with E-state index in [0.29, 0.717) is 16.7 Å². The van der Waals surface area contributed by atoms with Gasteiger partial charge in [-0.1, -0.05) is 41.6 Å². The average Bonchev–Trinajstić information content (AvgIpc) is 3.56. The topological polar surface area (TPSA) is 67.2 Å². The zero-order valence-electron chi connectivity index (χ0n) is 18.1. The van der Waals surface area contributed by atoms with Crippen LogP contribution in [0.5, 0.6) is 0 Å². The Morgan fingerprint density at radius 1 is 1.15 bits per heavy atom. The second-order valence-electron chi connectivity index (χ2n) is 7.91. The first-order chi connectivity index (χ1) is 16.1. The van der Waals surface area contributed by atoms with Crippen molar-refractivity contribution in [1.82, 2.24) is 24.6 Å². The number of hydrogen-bond donors (Lipinski definition) is 0. The van der Waals surface area contributed by atoms with E-state index in [1.165, 1.54) is 11.8 Å². The third-order valence-electron chi connectivity index (χ3n) is 5.53. The minimum absolute atomic E-state index is 0.0163. The van der Waals surface area contributed by atoms with E-state index >= 15 is 0 Å². The van der Waals surface area contributed by atoms with Gasteiger partial charge in [0.25, 0.3) is 0 Å². The molecular weight excluding hydrogens is 476 g/mol. The Balaban J connectivity index is 1.31. The van der Waals surface area contributed by atoms with Crippen molar-refractivity contribution in [2.75, 3.05) is 30.8 Å². The van der Waals surface area contributed by atoms with Gasteiger partial charge in [-0.2, -0.15) is 0 Å². The number of fused-ring (bicyclic) bond motifs is 1. The van der Waals surface area contributed by atoms with Gasteiger partial charge in [0.2, 0.25) is 11.9 Å². The van der Waals surface area contributed by atoms with E-state index in [1.807, 2.05) is 54.1 Å². The molecule has 1 saturated heterocycles. The summed E-state index contributed by atoms with van der Waals surface area (Å²) in [5, 5.41) is 11.1. The predicted octanol–water partition coefficient (Wildman–Crippen LogP) is 4.88. The fraction of sp³-hybridized carbons (Fsp3) is 0.304. The van der Waals surface area contributed by atoms with Gasteiger partial charge >= 0.3 is 0 Å². The lowest BCUT2D eigenvalue weighted by Crippen LogP contribution is -2.28. The second-order valence-corrected chi connectivity index (χ2v) is 10.4. The van der Waals surface area contributed by atoms with Crippen molar-refractivity contribution in [2.24, 2.45) is 0 Å². The van der Waals surface area contributed by atoms with Crippen molar-refractivity contribution in [1.29, 1.82) is 0 Å². The number of para-hydroxylation sites is 1. The van der Waals surface area contributed by atoms with Gasteiger partial charge in [0.05, 0.1) is 28.2 Å². The third-order valence-corrected chi connectivity index (χ3v) is 7.70. The van der Waals surface area contributed by atoms with E-state index in [9.17, 15) is 4.79 Å². The van der Waals surface area contributed by atoms with Crippen LogP contribution in [0.2, 0.25) is 5.02 Å². The van der Waals surface area contributed by atoms with Gasteiger partial charge in [0, 0.05) is 25.2 Å². The number of carbonyl (C=O) groups excluding carboxylic acids is 1. The SMILES string of the molecule is CN(Cc1nc2ccccc2s1)C(=O)CSc1nnc(N2CCCC2)n1-c1cccc(Cl)c1. The summed E-state index contributed by atoms with van der Waals surface area (Å²) in [4.78, 5) is 21.5. The summed E-state index contributed by atoms with van der Waals surface area (Å²) in [6.45, 7) is 2.39. The van der Waals surface area contributed by atoms with Crippen LogP contribution >= 0.6 is 34.7 Å². The Morgan fingerprint density at radius 3 is 2.76 bits per heavy atom. The summed E-state index contributed by atoms with van der Waals surface area (Å²) < 4.78 is 3.13. The number of carbonyl (C=O) groups is 1. The van der Waals surface area contributed by atoms with Gasteiger partial charge < -0.3 is 9.80 Å². The predicted molar refractivity (Wildman–Crippen MR) is 135 cm³/mol. The van der Waals surface area contributed by atoms with Gasteiger partial charge in [0.1, 0.15) is 5.01 Å². The van der Waals surface area contributed by atoms with Crippen LogP contribution in [0.3, 0.4) is 0 Å². The van der Waals surface area contributed by atoms with Crippen LogP contribution < -0.4 is 4.90 Å². The van der Waals surface area contributed by atoms with Crippen molar-refractivity contribution in [2.45, 2.75) is 24.5 Å². The lowest BCUT2D eigenvalue weighted by Gasteiger charge is -2.19. The highest BCUT2D eigenvalue weighted by Crippen LogP contribution is 2.30. The Labute approximate surface area is 205 Å². The van der Waals surface area contributed by atoms with Crippen LogP contribution in [-0.2, 0) is 11.3 Å². The van der Waals surface area contributed by atoms with E-state index < -0.39 is 0 Å². The quantitative estimate of drug-likeness (QED) is 0.338. The molecule has 1 fully saturated rings. The zero-order chi connectivity index (χ0) is 22.8. The van der Waals surface area contributed by atoms with E-state index in [1.54, 1.807) is 16.2 Å². The van der Waals surface area contributed by atoms with Crippen molar-refractivity contribution < 1.29 is 4.79 Å². The van der Waals surface area contributed by atoms with Gasteiger partial charge in [-0.3, -0.25) is 9.36 Å². The van der Waals surface area contributed by atoms with E-state index in [-0.39, 0.29) is 11.7 Å². The standard InChI is InChI=1S/C23H23ClN6OS2/c1-28(14-20-25-18-9-2-3-10-19(18)33-20)21(31)15-32-23-27-26-22(29-11-4-5-12-29)30(23)17-8-6-7-16(24)13-17/h2-3,6-10,13H,4-5,11-12,14-15H2,1H3. The number of hydrogen-bond acceptors (Lipinski definition) is 7. The largest absolute Gasteiger partial charge is 0.341 e. The molecule has 7 nitrogen and oxygen atoms in total. The number of aromatic nitrogens is 4. The number of thiazole rings is 1. The molecular formula is C23H23ClN6OS2. The Hall–Kier alpha value is -2.62. The molecule has 4 aromatic rings. The van der Waals surface area contributed by atoms with Crippen molar-refractivity contribution in [3.63, 3.8) is 0 Å². The number of halogens is 1. The molecule has 2 aromatic heterocycles. The summed E-state index contributed by atoms with van der Waals surface area (Å²) in [6, 6.07) is 15.7. The molecule has 0 atom stereocenters. The summed E-state index contributed by atoms with van der Waals surface area (Å²) in [5.41, 5.74) is 1.86. The van der Waals surface area contributed by atoms with E-state index in [2.05, 4.69) is 26.1 Å². The minimum Gasteiger partial charge on any atom is -0.341 e. The molecule has 0 N–H and O–H groups in total. The summed E-state index contributed by atoms with van der Waals surface area (Å²) in [6.07, 6.45) is 2.28. The first-order valence-electron chi connectivity index (χ1n) is 10.8. The molecule has 3 heterocycles. The van der Waals surface area contributed by atoms with Crippen molar-refractivity contribution >= 4 is 56.8 Å². The number of thioether (sulfide) groups is 1. The number of benzene rings is 2. The van der Waals surface area contributed by atoms with Crippen molar-refractivity contribution in [3.8, 4) is 5.69 Å². The van der Waals surface area contributed by atoms with Crippen LogP contribution in [0.15, 0.2) is 53.7 Å². The van der Waals surface area contributed by atoms with E-state index in [0.717, 1.165) is 52.8 Å². The van der Waals surface area contributed by atoms with Gasteiger partial charge in [-0.25, -0.2) is 4.98 Å². The monoisotopic (exact) mass is 498 g/mol. The van der Waals surface area contributed by atoms with E-state index in [4.69, 9.17) is 11.6 Å². The second kappa shape index (κ2) is 9.70. The number of rotatable bonds is 7.